The van der Waals surface area contributed by atoms with Gasteiger partial charge in [-0.3, -0.25) is 14.5 Å². The van der Waals surface area contributed by atoms with Crippen molar-refractivity contribution in [2.45, 2.75) is 13.0 Å². The molecule has 1 saturated heterocycles. The molecule has 1 aliphatic rings. The summed E-state index contributed by atoms with van der Waals surface area (Å²) in [5.74, 6) is -1.52. The van der Waals surface area contributed by atoms with Crippen LogP contribution in [0.5, 0.6) is 0 Å². The van der Waals surface area contributed by atoms with Crippen LogP contribution in [0.4, 0.5) is 5.69 Å². The summed E-state index contributed by atoms with van der Waals surface area (Å²) < 4.78 is 0.886. The molecular formula is C24H18BrNO3. The van der Waals surface area contributed by atoms with E-state index in [4.69, 9.17) is 0 Å². The SMILES string of the molecule is Cc1cccc(N2C(=O)C(=O)C(=C(O)c3ccccc3)[C@@H]2c2ccc(Br)cc2)c1. The van der Waals surface area contributed by atoms with Gasteiger partial charge >= 0.3 is 0 Å². The predicted octanol–water partition coefficient (Wildman–Crippen LogP) is 5.38. The van der Waals surface area contributed by atoms with Crippen LogP contribution < -0.4 is 4.90 Å². The third-order valence-corrected chi connectivity index (χ3v) is 5.49. The molecule has 0 unspecified atom stereocenters. The number of aliphatic hydroxyl groups excluding tert-OH is 1. The van der Waals surface area contributed by atoms with E-state index in [1.165, 1.54) is 4.90 Å². The van der Waals surface area contributed by atoms with E-state index in [1.54, 1.807) is 30.3 Å². The number of aryl methyl sites for hydroxylation is 1. The van der Waals surface area contributed by atoms with Crippen LogP contribution in [-0.2, 0) is 9.59 Å². The molecule has 3 aromatic carbocycles. The average Bonchev–Trinajstić information content (AvgIpc) is 2.99. The quantitative estimate of drug-likeness (QED) is 0.332. The average molecular weight is 448 g/mol. The molecule has 4 rings (SSSR count). The number of Topliss-reactive ketones (excluding diaryl/α,β-unsaturated/α-hetero) is 1. The number of amides is 1. The van der Waals surface area contributed by atoms with Gasteiger partial charge in [-0.15, -0.1) is 0 Å². The van der Waals surface area contributed by atoms with Crippen molar-refractivity contribution in [1.29, 1.82) is 0 Å². The Hall–Kier alpha value is -3.18. The molecule has 4 nitrogen and oxygen atoms in total. The van der Waals surface area contributed by atoms with E-state index < -0.39 is 17.7 Å². The van der Waals surface area contributed by atoms with Gasteiger partial charge in [0.05, 0.1) is 11.6 Å². The summed E-state index contributed by atoms with van der Waals surface area (Å²) in [6, 6.07) is 22.9. The predicted molar refractivity (Wildman–Crippen MR) is 117 cm³/mol. The number of aliphatic hydroxyl groups is 1. The van der Waals surface area contributed by atoms with Crippen molar-refractivity contribution in [3.63, 3.8) is 0 Å². The zero-order valence-electron chi connectivity index (χ0n) is 15.7. The molecule has 0 radical (unpaired) electrons. The molecule has 0 aromatic heterocycles. The fourth-order valence-corrected chi connectivity index (χ4v) is 3.85. The van der Waals surface area contributed by atoms with Crippen molar-refractivity contribution >= 4 is 39.1 Å². The summed E-state index contributed by atoms with van der Waals surface area (Å²) in [6.07, 6.45) is 0. The molecule has 144 valence electrons. The molecule has 0 spiro atoms. The standard InChI is InChI=1S/C24H18BrNO3/c1-15-6-5-9-19(14-15)26-21(16-10-12-18(25)13-11-16)20(23(28)24(26)29)22(27)17-7-3-2-4-8-17/h2-14,21,27H,1H3/t21-/m0/s1. The Morgan fingerprint density at radius 3 is 2.28 bits per heavy atom. The largest absolute Gasteiger partial charge is 0.507 e. The van der Waals surface area contributed by atoms with Crippen molar-refractivity contribution in [3.8, 4) is 0 Å². The number of carbonyl (C=O) groups is 2. The van der Waals surface area contributed by atoms with Crippen LogP contribution in [-0.4, -0.2) is 16.8 Å². The lowest BCUT2D eigenvalue weighted by molar-refractivity contribution is -0.132. The first-order chi connectivity index (χ1) is 14.0. The Balaban J connectivity index is 1.96. The Morgan fingerprint density at radius 2 is 1.62 bits per heavy atom. The van der Waals surface area contributed by atoms with Gasteiger partial charge in [0.25, 0.3) is 11.7 Å². The number of hydrogen-bond donors (Lipinski definition) is 1. The molecular weight excluding hydrogens is 430 g/mol. The molecule has 29 heavy (non-hydrogen) atoms. The third kappa shape index (κ3) is 3.49. The van der Waals surface area contributed by atoms with Crippen LogP contribution in [0.15, 0.2) is 88.9 Å². The molecule has 1 atom stereocenters. The second kappa shape index (κ2) is 7.68. The van der Waals surface area contributed by atoms with E-state index in [-0.39, 0.29) is 11.3 Å². The van der Waals surface area contributed by atoms with Gasteiger partial charge in [0, 0.05) is 15.7 Å². The van der Waals surface area contributed by atoms with E-state index >= 15 is 0 Å². The van der Waals surface area contributed by atoms with Crippen LogP contribution >= 0.6 is 15.9 Å². The maximum absolute atomic E-state index is 13.0. The summed E-state index contributed by atoms with van der Waals surface area (Å²) in [7, 11) is 0. The first kappa shape index (κ1) is 19.2. The highest BCUT2D eigenvalue weighted by atomic mass is 79.9. The number of carbonyl (C=O) groups excluding carboxylic acids is 2. The van der Waals surface area contributed by atoms with E-state index in [1.807, 2.05) is 55.5 Å². The summed E-state index contributed by atoms with van der Waals surface area (Å²) >= 11 is 3.42. The van der Waals surface area contributed by atoms with Crippen LogP contribution in [0, 0.1) is 6.92 Å². The Kier molecular flexibility index (Phi) is 5.07. The van der Waals surface area contributed by atoms with Crippen LogP contribution in [0.25, 0.3) is 5.76 Å². The Labute approximate surface area is 177 Å². The van der Waals surface area contributed by atoms with Crippen molar-refractivity contribution in [2.75, 3.05) is 4.90 Å². The van der Waals surface area contributed by atoms with E-state index in [0.29, 0.717) is 11.3 Å². The monoisotopic (exact) mass is 447 g/mol. The van der Waals surface area contributed by atoms with Gasteiger partial charge in [0.1, 0.15) is 5.76 Å². The van der Waals surface area contributed by atoms with Crippen molar-refractivity contribution in [3.05, 3.63) is 106 Å². The van der Waals surface area contributed by atoms with Gasteiger partial charge in [-0.2, -0.15) is 0 Å². The minimum atomic E-state index is -0.717. The van der Waals surface area contributed by atoms with Gasteiger partial charge in [-0.25, -0.2) is 0 Å². The number of rotatable bonds is 3. The van der Waals surface area contributed by atoms with E-state index in [2.05, 4.69) is 15.9 Å². The highest BCUT2D eigenvalue weighted by Gasteiger charge is 2.46. The lowest BCUT2D eigenvalue weighted by Gasteiger charge is -2.25. The molecule has 1 heterocycles. The molecule has 3 aromatic rings. The lowest BCUT2D eigenvalue weighted by atomic mass is 9.95. The van der Waals surface area contributed by atoms with E-state index in [9.17, 15) is 14.7 Å². The fraction of sp³-hybridized carbons (Fsp3) is 0.0833. The number of hydrogen-bond acceptors (Lipinski definition) is 3. The zero-order valence-corrected chi connectivity index (χ0v) is 17.3. The van der Waals surface area contributed by atoms with Gasteiger partial charge in [-0.05, 0) is 42.3 Å². The maximum Gasteiger partial charge on any atom is 0.300 e. The van der Waals surface area contributed by atoms with Gasteiger partial charge in [-0.1, -0.05) is 70.5 Å². The first-order valence-corrected chi connectivity index (χ1v) is 9.95. The Bertz CT molecular complexity index is 1120. The first-order valence-electron chi connectivity index (χ1n) is 9.16. The summed E-state index contributed by atoms with van der Waals surface area (Å²) in [6.45, 7) is 1.93. The summed E-state index contributed by atoms with van der Waals surface area (Å²) in [5.41, 5.74) is 2.92. The number of benzene rings is 3. The molecule has 0 saturated carbocycles. The van der Waals surface area contributed by atoms with E-state index in [0.717, 1.165) is 15.6 Å². The highest BCUT2D eigenvalue weighted by molar-refractivity contribution is 9.10. The lowest BCUT2D eigenvalue weighted by Crippen LogP contribution is -2.29. The molecule has 0 bridgehead atoms. The summed E-state index contributed by atoms with van der Waals surface area (Å²) in [4.78, 5) is 27.5. The fourth-order valence-electron chi connectivity index (χ4n) is 3.59. The smallest absolute Gasteiger partial charge is 0.300 e. The second-order valence-corrected chi connectivity index (χ2v) is 7.84. The molecule has 1 amide bonds. The highest BCUT2D eigenvalue weighted by Crippen LogP contribution is 2.42. The number of nitrogens with zero attached hydrogens (tertiary/aromatic N) is 1. The summed E-state index contributed by atoms with van der Waals surface area (Å²) in [5, 5.41) is 11.0. The van der Waals surface area contributed by atoms with Gasteiger partial charge in [0.2, 0.25) is 0 Å². The van der Waals surface area contributed by atoms with Gasteiger partial charge < -0.3 is 5.11 Å². The van der Waals surface area contributed by atoms with Crippen LogP contribution in [0.3, 0.4) is 0 Å². The zero-order chi connectivity index (χ0) is 20.5. The number of anilines is 1. The minimum Gasteiger partial charge on any atom is -0.507 e. The van der Waals surface area contributed by atoms with Crippen molar-refractivity contribution in [2.24, 2.45) is 0 Å². The maximum atomic E-state index is 13.0. The van der Waals surface area contributed by atoms with Crippen molar-refractivity contribution in [1.82, 2.24) is 0 Å². The van der Waals surface area contributed by atoms with Crippen molar-refractivity contribution < 1.29 is 14.7 Å². The van der Waals surface area contributed by atoms with Gasteiger partial charge in [0.15, 0.2) is 0 Å². The molecule has 5 heteroatoms. The third-order valence-electron chi connectivity index (χ3n) is 4.96. The molecule has 0 aliphatic carbocycles. The topological polar surface area (TPSA) is 57.6 Å². The molecule has 1 aliphatic heterocycles. The minimum absolute atomic E-state index is 0.0880. The normalized spacial score (nSPS) is 18.3. The molecule has 1 N–H and O–H groups in total. The second-order valence-electron chi connectivity index (χ2n) is 6.93. The van der Waals surface area contributed by atoms with Crippen LogP contribution in [0.2, 0.25) is 0 Å². The Morgan fingerprint density at radius 1 is 0.931 bits per heavy atom. The number of ketones is 1. The number of halogens is 1. The molecule has 1 fully saturated rings. The van der Waals surface area contributed by atoms with Crippen LogP contribution in [0.1, 0.15) is 22.7 Å².